The molecule has 104 valence electrons. The monoisotopic (exact) mass is 262 g/mol. The molecule has 0 bridgehead atoms. The van der Waals surface area contributed by atoms with Gasteiger partial charge in [-0.15, -0.1) is 0 Å². The van der Waals surface area contributed by atoms with Crippen LogP contribution in [0.2, 0.25) is 0 Å². The molecule has 1 aliphatic rings. The second kappa shape index (κ2) is 7.14. The molecule has 1 aromatic rings. The Morgan fingerprint density at radius 3 is 2.84 bits per heavy atom. The second-order valence-corrected chi connectivity index (χ2v) is 4.98. The summed E-state index contributed by atoms with van der Waals surface area (Å²) in [5.74, 6) is 0.0788. The fourth-order valence-electron chi connectivity index (χ4n) is 2.11. The van der Waals surface area contributed by atoms with Crippen molar-refractivity contribution in [2.75, 3.05) is 25.0 Å². The molecule has 2 N–H and O–H groups in total. The van der Waals surface area contributed by atoms with Crippen LogP contribution in [0.4, 0.5) is 5.69 Å². The van der Waals surface area contributed by atoms with Gasteiger partial charge in [-0.25, -0.2) is 0 Å². The van der Waals surface area contributed by atoms with E-state index in [1.807, 2.05) is 12.1 Å². The lowest BCUT2D eigenvalue weighted by atomic mass is 10.2. The molecule has 1 aromatic carbocycles. The highest BCUT2D eigenvalue weighted by Gasteiger charge is 2.15. The van der Waals surface area contributed by atoms with Gasteiger partial charge in [0.2, 0.25) is 5.91 Å². The van der Waals surface area contributed by atoms with Crippen molar-refractivity contribution in [1.29, 1.82) is 0 Å². The van der Waals surface area contributed by atoms with E-state index in [-0.39, 0.29) is 12.0 Å². The highest BCUT2D eigenvalue weighted by Crippen LogP contribution is 2.10. The summed E-state index contributed by atoms with van der Waals surface area (Å²) in [6, 6.07) is 8.17. The smallest absolute Gasteiger partial charge is 0.221 e. The van der Waals surface area contributed by atoms with Crippen molar-refractivity contribution in [1.82, 2.24) is 5.32 Å². The molecule has 1 saturated heterocycles. The maximum atomic E-state index is 11.6. The van der Waals surface area contributed by atoms with Gasteiger partial charge in [0.05, 0.1) is 6.10 Å². The normalized spacial score (nSPS) is 18.3. The zero-order chi connectivity index (χ0) is 13.5. The van der Waals surface area contributed by atoms with Crippen molar-refractivity contribution >= 4 is 11.6 Å². The molecule has 4 heteroatoms. The number of carbonyl (C=O) groups is 1. The summed E-state index contributed by atoms with van der Waals surface area (Å²) in [4.78, 5) is 11.6. The van der Waals surface area contributed by atoms with Crippen LogP contribution in [0.1, 0.15) is 24.8 Å². The van der Waals surface area contributed by atoms with Gasteiger partial charge in [0, 0.05) is 31.8 Å². The van der Waals surface area contributed by atoms with E-state index >= 15 is 0 Å². The minimum Gasteiger partial charge on any atom is -0.385 e. The summed E-state index contributed by atoms with van der Waals surface area (Å²) in [6.07, 6.45) is 2.87. The first-order valence-corrected chi connectivity index (χ1v) is 6.93. The minimum atomic E-state index is 0.0788. The largest absolute Gasteiger partial charge is 0.385 e. The molecule has 1 aliphatic heterocycles. The number of carbonyl (C=O) groups excluding carboxylic acids is 1. The third-order valence-electron chi connectivity index (χ3n) is 3.28. The number of benzene rings is 1. The van der Waals surface area contributed by atoms with E-state index in [1.54, 1.807) is 0 Å². The van der Waals surface area contributed by atoms with Crippen molar-refractivity contribution < 1.29 is 9.53 Å². The van der Waals surface area contributed by atoms with E-state index in [0.29, 0.717) is 19.5 Å². The Hall–Kier alpha value is -1.55. The molecule has 1 fully saturated rings. The number of nitrogens with one attached hydrogen (secondary N) is 2. The van der Waals surface area contributed by atoms with Crippen LogP contribution in [0.15, 0.2) is 24.3 Å². The van der Waals surface area contributed by atoms with E-state index in [2.05, 4.69) is 29.7 Å². The Kier molecular flexibility index (Phi) is 5.21. The number of hydrogen-bond donors (Lipinski definition) is 2. The molecular formula is C15H22N2O2. The number of amides is 1. The van der Waals surface area contributed by atoms with Crippen LogP contribution in [-0.4, -0.2) is 31.7 Å². The quantitative estimate of drug-likeness (QED) is 0.825. The zero-order valence-corrected chi connectivity index (χ0v) is 11.4. The third kappa shape index (κ3) is 4.91. The van der Waals surface area contributed by atoms with Gasteiger partial charge >= 0.3 is 0 Å². The van der Waals surface area contributed by atoms with E-state index in [4.69, 9.17) is 4.74 Å². The minimum absolute atomic E-state index is 0.0788. The predicted molar refractivity (Wildman–Crippen MR) is 76.3 cm³/mol. The van der Waals surface area contributed by atoms with E-state index in [1.165, 1.54) is 5.56 Å². The van der Waals surface area contributed by atoms with Crippen molar-refractivity contribution in [3.63, 3.8) is 0 Å². The van der Waals surface area contributed by atoms with E-state index < -0.39 is 0 Å². The molecular weight excluding hydrogens is 240 g/mol. The zero-order valence-electron chi connectivity index (χ0n) is 11.4. The molecule has 1 amide bonds. The first-order valence-electron chi connectivity index (χ1n) is 6.93. The van der Waals surface area contributed by atoms with Crippen LogP contribution in [0, 0.1) is 6.92 Å². The maximum Gasteiger partial charge on any atom is 0.221 e. The lowest BCUT2D eigenvalue weighted by molar-refractivity contribution is -0.121. The van der Waals surface area contributed by atoms with Gasteiger partial charge in [-0.3, -0.25) is 4.79 Å². The molecule has 0 radical (unpaired) electrons. The number of hydrogen-bond acceptors (Lipinski definition) is 3. The topological polar surface area (TPSA) is 50.4 Å². The van der Waals surface area contributed by atoms with Crippen molar-refractivity contribution in [2.24, 2.45) is 0 Å². The van der Waals surface area contributed by atoms with Crippen LogP contribution >= 0.6 is 0 Å². The number of rotatable bonds is 6. The summed E-state index contributed by atoms with van der Waals surface area (Å²) >= 11 is 0. The fourth-order valence-corrected chi connectivity index (χ4v) is 2.11. The summed E-state index contributed by atoms with van der Waals surface area (Å²) in [7, 11) is 0. The van der Waals surface area contributed by atoms with Gasteiger partial charge in [-0.2, -0.15) is 0 Å². The Bertz CT molecular complexity index is 397. The molecule has 1 heterocycles. The van der Waals surface area contributed by atoms with Gasteiger partial charge in [-0.05, 0) is 31.9 Å². The molecule has 0 aromatic heterocycles. The maximum absolute atomic E-state index is 11.6. The van der Waals surface area contributed by atoms with Crippen molar-refractivity contribution in [3.05, 3.63) is 29.8 Å². The molecule has 0 saturated carbocycles. The number of aryl methyl sites for hydroxylation is 1. The van der Waals surface area contributed by atoms with Crippen molar-refractivity contribution in [2.45, 2.75) is 32.3 Å². The summed E-state index contributed by atoms with van der Waals surface area (Å²) in [5.41, 5.74) is 2.29. The number of ether oxygens (including phenoxy) is 1. The van der Waals surface area contributed by atoms with Crippen LogP contribution < -0.4 is 10.6 Å². The molecule has 1 atom stereocenters. The van der Waals surface area contributed by atoms with Gasteiger partial charge < -0.3 is 15.4 Å². The average Bonchev–Trinajstić information content (AvgIpc) is 2.92. The molecule has 0 spiro atoms. The van der Waals surface area contributed by atoms with Gasteiger partial charge in [0.15, 0.2) is 0 Å². The van der Waals surface area contributed by atoms with Crippen molar-refractivity contribution in [3.8, 4) is 0 Å². The van der Waals surface area contributed by atoms with Gasteiger partial charge in [0.1, 0.15) is 0 Å². The highest BCUT2D eigenvalue weighted by atomic mass is 16.5. The first kappa shape index (κ1) is 13.9. The third-order valence-corrected chi connectivity index (χ3v) is 3.28. The lowest BCUT2D eigenvalue weighted by Gasteiger charge is -2.11. The van der Waals surface area contributed by atoms with Crippen LogP contribution in [0.5, 0.6) is 0 Å². The standard InChI is InChI=1S/C15H22N2O2/c1-12-4-6-13(7-5-12)16-9-8-15(18)17-11-14-3-2-10-19-14/h4-7,14,16H,2-3,8-11H2,1H3,(H,17,18). The Labute approximate surface area is 114 Å². The summed E-state index contributed by atoms with van der Waals surface area (Å²) in [6.45, 7) is 4.18. The summed E-state index contributed by atoms with van der Waals surface area (Å²) < 4.78 is 5.46. The number of anilines is 1. The second-order valence-electron chi connectivity index (χ2n) is 4.98. The lowest BCUT2D eigenvalue weighted by Crippen LogP contribution is -2.32. The molecule has 0 aliphatic carbocycles. The highest BCUT2D eigenvalue weighted by molar-refractivity contribution is 5.76. The molecule has 1 unspecified atom stereocenters. The predicted octanol–water partition coefficient (Wildman–Crippen LogP) is 2.09. The van der Waals surface area contributed by atoms with Gasteiger partial charge in [-0.1, -0.05) is 17.7 Å². The Morgan fingerprint density at radius 2 is 2.16 bits per heavy atom. The molecule has 19 heavy (non-hydrogen) atoms. The first-order chi connectivity index (χ1) is 9.24. The fraction of sp³-hybridized carbons (Fsp3) is 0.533. The Balaban J connectivity index is 1.59. The molecule has 4 nitrogen and oxygen atoms in total. The Morgan fingerprint density at radius 1 is 1.37 bits per heavy atom. The SMILES string of the molecule is Cc1ccc(NCCC(=O)NCC2CCCO2)cc1. The van der Waals surface area contributed by atoms with E-state index in [9.17, 15) is 4.79 Å². The van der Waals surface area contributed by atoms with Crippen LogP contribution in [0.3, 0.4) is 0 Å². The average molecular weight is 262 g/mol. The van der Waals surface area contributed by atoms with E-state index in [0.717, 1.165) is 25.1 Å². The molecule has 2 rings (SSSR count). The van der Waals surface area contributed by atoms with Crippen LogP contribution in [0.25, 0.3) is 0 Å². The van der Waals surface area contributed by atoms with Gasteiger partial charge in [0.25, 0.3) is 0 Å². The van der Waals surface area contributed by atoms with Crippen LogP contribution in [-0.2, 0) is 9.53 Å². The summed E-state index contributed by atoms with van der Waals surface area (Å²) in [5, 5.41) is 6.15.